The van der Waals surface area contributed by atoms with Crippen LogP contribution in [0, 0.1) is 16.0 Å². The molecule has 1 aliphatic rings. The Kier molecular flexibility index (Phi) is 5.89. The van der Waals surface area contributed by atoms with Crippen LogP contribution < -0.4 is 5.32 Å². The minimum atomic E-state index is -0.478. The second kappa shape index (κ2) is 8.35. The molecule has 3 rings (SSSR count). The first-order valence-electron chi connectivity index (χ1n) is 8.85. The number of benzene rings is 1. The van der Waals surface area contributed by atoms with Gasteiger partial charge in [0, 0.05) is 23.1 Å². The smallest absolute Gasteiger partial charge is 0.341 e. The number of carbonyl (C=O) groups excluding carboxylic acids is 2. The molecule has 8 heteroatoms. The first-order chi connectivity index (χ1) is 13.4. The molecule has 0 bridgehead atoms. The molecular formula is C20H20N2O5S. The summed E-state index contributed by atoms with van der Waals surface area (Å²) in [6, 6.07) is 5.88. The molecule has 0 aliphatic heterocycles. The number of nitrogens with one attached hydrogen (secondary N) is 1. The predicted molar refractivity (Wildman–Crippen MR) is 108 cm³/mol. The molecule has 1 amide bonds. The maximum absolute atomic E-state index is 12.3. The molecule has 1 heterocycles. The molecule has 0 radical (unpaired) electrons. The predicted octanol–water partition coefficient (Wildman–Crippen LogP) is 4.22. The van der Waals surface area contributed by atoms with Gasteiger partial charge in [-0.15, -0.1) is 11.3 Å². The normalized spacial score (nSPS) is 15.9. The summed E-state index contributed by atoms with van der Waals surface area (Å²) in [5.41, 5.74) is 2.08. The van der Waals surface area contributed by atoms with Crippen molar-refractivity contribution in [2.75, 3.05) is 12.4 Å². The highest BCUT2D eigenvalue weighted by atomic mass is 32.1. The quantitative estimate of drug-likeness (QED) is 0.351. The van der Waals surface area contributed by atoms with Crippen LogP contribution in [0.25, 0.3) is 6.08 Å². The Morgan fingerprint density at radius 3 is 2.68 bits per heavy atom. The van der Waals surface area contributed by atoms with E-state index >= 15 is 0 Å². The Bertz CT molecular complexity index is 946. The molecule has 146 valence electrons. The molecule has 0 spiro atoms. The summed E-state index contributed by atoms with van der Waals surface area (Å²) in [7, 11) is 1.33. The maximum atomic E-state index is 12.3. The largest absolute Gasteiger partial charge is 0.465 e. The molecule has 1 aliphatic carbocycles. The highest BCUT2D eigenvalue weighted by Gasteiger charge is 2.28. The first kappa shape index (κ1) is 19.8. The molecule has 0 fully saturated rings. The van der Waals surface area contributed by atoms with Crippen molar-refractivity contribution in [1.29, 1.82) is 0 Å². The van der Waals surface area contributed by atoms with Crippen molar-refractivity contribution in [2.45, 2.75) is 26.2 Å². The van der Waals surface area contributed by atoms with Crippen LogP contribution in [0.5, 0.6) is 0 Å². The maximum Gasteiger partial charge on any atom is 0.341 e. The number of nitro groups is 1. The van der Waals surface area contributed by atoms with Gasteiger partial charge >= 0.3 is 5.97 Å². The van der Waals surface area contributed by atoms with Gasteiger partial charge in [-0.25, -0.2) is 4.79 Å². The molecule has 0 saturated carbocycles. The number of carbonyl (C=O) groups is 2. The summed E-state index contributed by atoms with van der Waals surface area (Å²) in [5.74, 6) is -0.279. The van der Waals surface area contributed by atoms with E-state index in [1.165, 1.54) is 36.7 Å². The van der Waals surface area contributed by atoms with Gasteiger partial charge in [-0.1, -0.05) is 6.92 Å². The molecule has 28 heavy (non-hydrogen) atoms. The second-order valence-electron chi connectivity index (χ2n) is 6.72. The van der Waals surface area contributed by atoms with Crippen LogP contribution in [0.3, 0.4) is 0 Å². The zero-order valence-electron chi connectivity index (χ0n) is 15.6. The Labute approximate surface area is 166 Å². The summed E-state index contributed by atoms with van der Waals surface area (Å²) in [6.45, 7) is 2.17. The van der Waals surface area contributed by atoms with Crippen molar-refractivity contribution >= 4 is 40.0 Å². The standard InChI is InChI=1S/C20H20N2O5S/c1-12-3-9-15-16(11-12)28-19(18(15)20(24)27-2)21-17(23)10-6-13-4-7-14(8-5-13)22(25)26/h4-8,10,12H,3,9,11H2,1-2H3,(H,21,23). The molecule has 1 N–H and O–H groups in total. The third-order valence-corrected chi connectivity index (χ3v) is 5.84. The molecule has 7 nitrogen and oxygen atoms in total. The van der Waals surface area contributed by atoms with Gasteiger partial charge in [-0.05, 0) is 54.5 Å². The number of hydrogen-bond donors (Lipinski definition) is 1. The Balaban J connectivity index is 1.78. The van der Waals surface area contributed by atoms with Gasteiger partial charge in [-0.2, -0.15) is 0 Å². The van der Waals surface area contributed by atoms with Crippen LogP contribution in [-0.2, 0) is 22.4 Å². The highest BCUT2D eigenvalue weighted by molar-refractivity contribution is 7.17. The van der Waals surface area contributed by atoms with E-state index in [-0.39, 0.29) is 11.6 Å². The van der Waals surface area contributed by atoms with Gasteiger partial charge in [0.05, 0.1) is 17.6 Å². The minimum absolute atomic E-state index is 0.0114. The lowest BCUT2D eigenvalue weighted by Crippen LogP contribution is -2.14. The number of anilines is 1. The van der Waals surface area contributed by atoms with Crippen molar-refractivity contribution in [3.63, 3.8) is 0 Å². The molecule has 1 atom stereocenters. The van der Waals surface area contributed by atoms with E-state index in [9.17, 15) is 19.7 Å². The fourth-order valence-corrected chi connectivity index (χ4v) is 4.59. The fraction of sp³-hybridized carbons (Fsp3) is 0.300. The zero-order valence-corrected chi connectivity index (χ0v) is 16.4. The van der Waals surface area contributed by atoms with Crippen LogP contribution in [0.15, 0.2) is 30.3 Å². The van der Waals surface area contributed by atoms with Crippen molar-refractivity contribution in [1.82, 2.24) is 0 Å². The molecule has 1 aromatic heterocycles. The SMILES string of the molecule is COC(=O)c1c(NC(=O)C=Cc2ccc([N+](=O)[O-])cc2)sc2c1CCC(C)C2. The van der Waals surface area contributed by atoms with Gasteiger partial charge in [0.15, 0.2) is 0 Å². The van der Waals surface area contributed by atoms with Gasteiger partial charge in [0.25, 0.3) is 5.69 Å². The van der Waals surface area contributed by atoms with Gasteiger partial charge in [-0.3, -0.25) is 14.9 Å². The number of amides is 1. The molecule has 0 saturated heterocycles. The average molecular weight is 400 g/mol. The van der Waals surface area contributed by atoms with Gasteiger partial charge in [0.1, 0.15) is 5.00 Å². The van der Waals surface area contributed by atoms with E-state index < -0.39 is 10.9 Å². The fourth-order valence-electron chi connectivity index (χ4n) is 3.19. The van der Waals surface area contributed by atoms with E-state index in [0.29, 0.717) is 22.0 Å². The first-order valence-corrected chi connectivity index (χ1v) is 9.67. The van der Waals surface area contributed by atoms with Crippen molar-refractivity contribution in [2.24, 2.45) is 5.92 Å². The third-order valence-electron chi connectivity index (χ3n) is 4.67. The lowest BCUT2D eigenvalue weighted by atomic mass is 9.88. The number of nitro benzene ring substituents is 1. The molecule has 1 unspecified atom stereocenters. The number of esters is 1. The van der Waals surface area contributed by atoms with Crippen LogP contribution in [0.1, 0.15) is 39.7 Å². The number of rotatable bonds is 5. The number of thiophene rings is 1. The minimum Gasteiger partial charge on any atom is -0.465 e. The summed E-state index contributed by atoms with van der Waals surface area (Å²) < 4.78 is 4.91. The summed E-state index contributed by atoms with van der Waals surface area (Å²) >= 11 is 1.42. The number of methoxy groups -OCH3 is 1. The van der Waals surface area contributed by atoms with E-state index in [0.717, 1.165) is 29.7 Å². The number of hydrogen-bond acceptors (Lipinski definition) is 6. The lowest BCUT2D eigenvalue weighted by molar-refractivity contribution is -0.384. The summed E-state index contributed by atoms with van der Waals surface area (Å²) in [5, 5.41) is 14.0. The van der Waals surface area contributed by atoms with Crippen LogP contribution in [-0.4, -0.2) is 23.9 Å². The van der Waals surface area contributed by atoms with Gasteiger partial charge < -0.3 is 10.1 Å². The van der Waals surface area contributed by atoms with E-state index in [1.807, 2.05) is 0 Å². The monoisotopic (exact) mass is 400 g/mol. The van der Waals surface area contributed by atoms with E-state index in [4.69, 9.17) is 4.74 Å². The number of ether oxygens (including phenoxy) is 1. The summed E-state index contributed by atoms with van der Waals surface area (Å²) in [6.07, 6.45) is 5.58. The van der Waals surface area contributed by atoms with Crippen LogP contribution in [0.4, 0.5) is 10.7 Å². The third kappa shape index (κ3) is 4.28. The highest BCUT2D eigenvalue weighted by Crippen LogP contribution is 2.40. The lowest BCUT2D eigenvalue weighted by Gasteiger charge is -2.18. The van der Waals surface area contributed by atoms with Crippen molar-refractivity contribution in [3.05, 3.63) is 62.0 Å². The number of nitrogens with zero attached hydrogens (tertiary/aromatic N) is 1. The molecular weight excluding hydrogens is 380 g/mol. The Hall–Kier alpha value is -3.00. The Morgan fingerprint density at radius 1 is 1.32 bits per heavy atom. The van der Waals surface area contributed by atoms with E-state index in [2.05, 4.69) is 12.2 Å². The average Bonchev–Trinajstić information content (AvgIpc) is 3.02. The van der Waals surface area contributed by atoms with E-state index in [1.54, 1.807) is 18.2 Å². The second-order valence-corrected chi connectivity index (χ2v) is 7.82. The van der Waals surface area contributed by atoms with Crippen LogP contribution >= 0.6 is 11.3 Å². The van der Waals surface area contributed by atoms with Crippen LogP contribution in [0.2, 0.25) is 0 Å². The molecule has 1 aromatic carbocycles. The zero-order chi connectivity index (χ0) is 20.3. The van der Waals surface area contributed by atoms with Gasteiger partial charge in [0.2, 0.25) is 5.91 Å². The Morgan fingerprint density at radius 2 is 2.04 bits per heavy atom. The number of non-ortho nitro benzene ring substituents is 1. The summed E-state index contributed by atoms with van der Waals surface area (Å²) in [4.78, 5) is 35.9. The topological polar surface area (TPSA) is 98.5 Å². The molecule has 2 aromatic rings. The van der Waals surface area contributed by atoms with Crippen molar-refractivity contribution in [3.8, 4) is 0 Å². The van der Waals surface area contributed by atoms with Crippen molar-refractivity contribution < 1.29 is 19.2 Å². The number of fused-ring (bicyclic) bond motifs is 1.